The number of amides is 1. The van der Waals surface area contributed by atoms with Crippen LogP contribution < -0.4 is 5.32 Å². The molecule has 3 unspecified atom stereocenters. The number of fused-ring (bicyclic) bond motifs is 1. The SMILES string of the molecule is CCCC(C)C(=O)NC1CCc2cc(F)c([N+](=O)[O-])cc2C1C=O. The minimum absolute atomic E-state index is 0.131. The van der Waals surface area contributed by atoms with Crippen molar-refractivity contribution in [2.24, 2.45) is 5.92 Å². The monoisotopic (exact) mass is 336 g/mol. The van der Waals surface area contributed by atoms with E-state index in [-0.39, 0.29) is 11.8 Å². The van der Waals surface area contributed by atoms with Crippen LogP contribution in [0.5, 0.6) is 0 Å². The number of halogens is 1. The number of aryl methyl sites for hydroxylation is 1. The second-order valence-electron chi connectivity index (χ2n) is 6.26. The lowest BCUT2D eigenvalue weighted by Gasteiger charge is -2.31. The minimum atomic E-state index is -0.901. The number of hydrogen-bond donors (Lipinski definition) is 1. The molecule has 0 heterocycles. The molecule has 0 saturated heterocycles. The van der Waals surface area contributed by atoms with Crippen molar-refractivity contribution in [1.29, 1.82) is 0 Å². The number of nitro groups is 1. The number of nitrogens with zero attached hydrogens (tertiary/aromatic N) is 1. The van der Waals surface area contributed by atoms with Crippen LogP contribution in [0, 0.1) is 21.8 Å². The average molecular weight is 336 g/mol. The lowest BCUT2D eigenvalue weighted by Crippen LogP contribution is -2.44. The summed E-state index contributed by atoms with van der Waals surface area (Å²) in [6.07, 6.45) is 3.26. The van der Waals surface area contributed by atoms with E-state index in [0.29, 0.717) is 30.3 Å². The largest absolute Gasteiger partial charge is 0.352 e. The lowest BCUT2D eigenvalue weighted by atomic mass is 9.79. The van der Waals surface area contributed by atoms with Crippen molar-refractivity contribution in [2.45, 2.75) is 51.5 Å². The van der Waals surface area contributed by atoms with Crippen molar-refractivity contribution in [3.63, 3.8) is 0 Å². The molecule has 1 aliphatic carbocycles. The van der Waals surface area contributed by atoms with Gasteiger partial charge in [0.1, 0.15) is 6.29 Å². The van der Waals surface area contributed by atoms with Gasteiger partial charge in [-0.25, -0.2) is 0 Å². The Morgan fingerprint density at radius 3 is 2.83 bits per heavy atom. The number of nitro benzene ring substituents is 1. The van der Waals surface area contributed by atoms with E-state index >= 15 is 0 Å². The maximum absolute atomic E-state index is 13.8. The van der Waals surface area contributed by atoms with Crippen molar-refractivity contribution >= 4 is 17.9 Å². The molecule has 1 aromatic rings. The van der Waals surface area contributed by atoms with Crippen molar-refractivity contribution in [3.8, 4) is 0 Å². The standard InChI is InChI=1S/C17H21FN2O4/c1-3-4-10(2)17(22)19-15-6-5-11-7-14(18)16(20(23)24)8-12(11)13(15)9-21/h7-10,13,15H,3-6H2,1-2H3,(H,19,22). The quantitative estimate of drug-likeness (QED) is 0.491. The molecule has 1 aliphatic rings. The predicted octanol–water partition coefficient (Wildman–Crippen LogP) is 2.88. The third kappa shape index (κ3) is 3.60. The lowest BCUT2D eigenvalue weighted by molar-refractivity contribution is -0.387. The molecule has 1 N–H and O–H groups in total. The summed E-state index contributed by atoms with van der Waals surface area (Å²) in [6.45, 7) is 3.81. The van der Waals surface area contributed by atoms with Crippen LogP contribution in [0.1, 0.15) is 50.2 Å². The molecule has 0 aliphatic heterocycles. The molecule has 24 heavy (non-hydrogen) atoms. The van der Waals surface area contributed by atoms with Crippen LogP contribution >= 0.6 is 0 Å². The summed E-state index contributed by atoms with van der Waals surface area (Å²) < 4.78 is 13.8. The molecule has 0 radical (unpaired) electrons. The van der Waals surface area contributed by atoms with Gasteiger partial charge in [-0.15, -0.1) is 0 Å². The Bertz CT molecular complexity index is 662. The first-order chi connectivity index (χ1) is 11.4. The summed E-state index contributed by atoms with van der Waals surface area (Å²) in [5.41, 5.74) is 0.368. The fraction of sp³-hybridized carbons (Fsp3) is 0.529. The zero-order valence-corrected chi connectivity index (χ0v) is 13.8. The molecule has 0 saturated carbocycles. The maximum Gasteiger partial charge on any atom is 0.305 e. The third-order valence-corrected chi connectivity index (χ3v) is 4.57. The minimum Gasteiger partial charge on any atom is -0.352 e. The Morgan fingerprint density at radius 1 is 1.54 bits per heavy atom. The molecule has 1 amide bonds. The van der Waals surface area contributed by atoms with Crippen LogP contribution in [0.3, 0.4) is 0 Å². The summed E-state index contributed by atoms with van der Waals surface area (Å²) in [6, 6.07) is 1.83. The van der Waals surface area contributed by atoms with Gasteiger partial charge in [-0.05, 0) is 36.5 Å². The number of carbonyl (C=O) groups is 2. The first-order valence-corrected chi connectivity index (χ1v) is 8.11. The third-order valence-electron chi connectivity index (χ3n) is 4.57. The summed E-state index contributed by atoms with van der Waals surface area (Å²) in [7, 11) is 0. The molecule has 0 aromatic heterocycles. The zero-order valence-electron chi connectivity index (χ0n) is 13.8. The van der Waals surface area contributed by atoms with Gasteiger partial charge in [0.05, 0.1) is 10.8 Å². The Morgan fingerprint density at radius 2 is 2.25 bits per heavy atom. The number of hydrogen-bond acceptors (Lipinski definition) is 4. The number of nitrogens with one attached hydrogen (secondary N) is 1. The van der Waals surface area contributed by atoms with Crippen molar-refractivity contribution in [1.82, 2.24) is 5.32 Å². The highest BCUT2D eigenvalue weighted by Crippen LogP contribution is 2.34. The second-order valence-corrected chi connectivity index (χ2v) is 6.26. The Hall–Kier alpha value is -2.31. The van der Waals surface area contributed by atoms with Gasteiger partial charge in [-0.1, -0.05) is 20.3 Å². The van der Waals surface area contributed by atoms with Crippen LogP contribution in [0.4, 0.5) is 10.1 Å². The highest BCUT2D eigenvalue weighted by molar-refractivity contribution is 5.80. The summed E-state index contributed by atoms with van der Waals surface area (Å²) in [5, 5.41) is 13.8. The Labute approximate surface area is 139 Å². The number of benzene rings is 1. The second kappa shape index (κ2) is 7.51. The summed E-state index contributed by atoms with van der Waals surface area (Å²) in [5.74, 6) is -1.90. The van der Waals surface area contributed by atoms with Gasteiger partial charge < -0.3 is 10.1 Å². The molecule has 0 bridgehead atoms. The molecule has 1 aromatic carbocycles. The van der Waals surface area contributed by atoms with Crippen molar-refractivity contribution in [2.75, 3.05) is 0 Å². The first kappa shape index (κ1) is 18.0. The van der Waals surface area contributed by atoms with Crippen LogP contribution in [-0.4, -0.2) is 23.2 Å². The molecule has 3 atom stereocenters. The molecular weight excluding hydrogens is 315 g/mol. The average Bonchev–Trinajstić information content (AvgIpc) is 2.54. The van der Waals surface area contributed by atoms with Gasteiger partial charge >= 0.3 is 5.69 Å². The fourth-order valence-corrected chi connectivity index (χ4v) is 3.21. The van der Waals surface area contributed by atoms with Crippen molar-refractivity contribution in [3.05, 3.63) is 39.2 Å². The van der Waals surface area contributed by atoms with E-state index in [2.05, 4.69) is 5.32 Å². The van der Waals surface area contributed by atoms with E-state index in [9.17, 15) is 24.1 Å². The summed E-state index contributed by atoms with van der Waals surface area (Å²) in [4.78, 5) is 33.9. The smallest absolute Gasteiger partial charge is 0.305 e. The van der Waals surface area contributed by atoms with Gasteiger partial charge in [-0.2, -0.15) is 4.39 Å². The van der Waals surface area contributed by atoms with E-state index in [0.717, 1.165) is 25.0 Å². The topological polar surface area (TPSA) is 89.3 Å². The molecule has 2 rings (SSSR count). The van der Waals surface area contributed by atoms with Crippen molar-refractivity contribution < 1.29 is 18.9 Å². The van der Waals surface area contributed by atoms with E-state index in [4.69, 9.17) is 0 Å². The van der Waals surface area contributed by atoms with Gasteiger partial charge in [0, 0.05) is 18.0 Å². The van der Waals surface area contributed by atoms with E-state index in [1.807, 2.05) is 13.8 Å². The van der Waals surface area contributed by atoms with Gasteiger partial charge in [0.15, 0.2) is 0 Å². The fourth-order valence-electron chi connectivity index (χ4n) is 3.21. The normalized spacial score (nSPS) is 20.8. The predicted molar refractivity (Wildman–Crippen MR) is 86.2 cm³/mol. The maximum atomic E-state index is 13.8. The van der Waals surface area contributed by atoms with Crippen LogP contribution in [0.25, 0.3) is 0 Å². The number of rotatable bonds is 6. The molecule has 130 valence electrons. The molecule has 6 nitrogen and oxygen atoms in total. The highest BCUT2D eigenvalue weighted by atomic mass is 19.1. The molecule has 7 heteroatoms. The number of aldehydes is 1. The van der Waals surface area contributed by atoms with Crippen LogP contribution in [0.15, 0.2) is 12.1 Å². The first-order valence-electron chi connectivity index (χ1n) is 8.11. The highest BCUT2D eigenvalue weighted by Gasteiger charge is 2.33. The summed E-state index contributed by atoms with van der Waals surface area (Å²) >= 11 is 0. The molecule has 0 fully saturated rings. The van der Waals surface area contributed by atoms with E-state index in [1.165, 1.54) is 0 Å². The van der Waals surface area contributed by atoms with Gasteiger partial charge in [0.2, 0.25) is 11.7 Å². The van der Waals surface area contributed by atoms with Gasteiger partial charge in [0.25, 0.3) is 0 Å². The van der Waals surface area contributed by atoms with E-state index in [1.54, 1.807) is 0 Å². The Kier molecular flexibility index (Phi) is 5.64. The molecule has 0 spiro atoms. The number of carbonyl (C=O) groups excluding carboxylic acids is 2. The van der Waals surface area contributed by atoms with E-state index < -0.39 is 28.4 Å². The zero-order chi connectivity index (χ0) is 17.9. The van der Waals surface area contributed by atoms with Crippen LogP contribution in [0.2, 0.25) is 0 Å². The van der Waals surface area contributed by atoms with Crippen LogP contribution in [-0.2, 0) is 16.0 Å². The van der Waals surface area contributed by atoms with Gasteiger partial charge in [-0.3, -0.25) is 14.9 Å². The Balaban J connectivity index is 2.28. The molecular formula is C17H21FN2O4.